The van der Waals surface area contributed by atoms with Crippen LogP contribution in [0.3, 0.4) is 0 Å². The van der Waals surface area contributed by atoms with Gasteiger partial charge >= 0.3 is 0 Å². The van der Waals surface area contributed by atoms with Gasteiger partial charge in [-0.1, -0.05) is 13.8 Å². The summed E-state index contributed by atoms with van der Waals surface area (Å²) in [5.41, 5.74) is 5.16. The second kappa shape index (κ2) is 9.12. The van der Waals surface area contributed by atoms with Crippen molar-refractivity contribution in [3.63, 3.8) is 0 Å². The molecule has 124 valence electrons. The number of rotatable bonds is 8. The smallest absolute Gasteiger partial charge is 0.284 e. The molecule has 6 heteroatoms. The number of hydrogen-bond donors (Lipinski definition) is 3. The standard InChI is InChI=1S/C16H28N4O2/c1-5-18-16(20-12(4)7-6-11(2)3)19-10-13-8-9-14(22-13)15(17)21/h8-9,11-12H,5-7,10H2,1-4H3,(H2,17,21)(H2,18,19,20). The van der Waals surface area contributed by atoms with E-state index < -0.39 is 5.91 Å². The molecule has 0 radical (unpaired) electrons. The Morgan fingerprint density at radius 1 is 1.32 bits per heavy atom. The van der Waals surface area contributed by atoms with Gasteiger partial charge in [0.25, 0.3) is 5.91 Å². The lowest BCUT2D eigenvalue weighted by atomic mass is 10.0. The van der Waals surface area contributed by atoms with Crippen LogP contribution in [0.25, 0.3) is 0 Å². The van der Waals surface area contributed by atoms with Crippen molar-refractivity contribution in [1.82, 2.24) is 10.6 Å². The lowest BCUT2D eigenvalue weighted by molar-refractivity contribution is 0.0972. The predicted molar refractivity (Wildman–Crippen MR) is 88.7 cm³/mol. The van der Waals surface area contributed by atoms with Crippen molar-refractivity contribution in [2.45, 2.75) is 53.1 Å². The first-order valence-corrected chi connectivity index (χ1v) is 7.85. The number of nitrogens with zero attached hydrogens (tertiary/aromatic N) is 1. The minimum absolute atomic E-state index is 0.161. The first-order chi connectivity index (χ1) is 10.4. The molecule has 1 atom stereocenters. The molecule has 1 heterocycles. The van der Waals surface area contributed by atoms with Crippen molar-refractivity contribution in [1.29, 1.82) is 0 Å². The number of guanidine groups is 1. The van der Waals surface area contributed by atoms with E-state index in [0.717, 1.165) is 18.9 Å². The lowest BCUT2D eigenvalue weighted by Crippen LogP contribution is -2.42. The fraction of sp³-hybridized carbons (Fsp3) is 0.625. The summed E-state index contributed by atoms with van der Waals surface area (Å²) < 4.78 is 5.32. The normalized spacial score (nSPS) is 13.2. The summed E-state index contributed by atoms with van der Waals surface area (Å²) in [6.07, 6.45) is 2.27. The van der Waals surface area contributed by atoms with Crippen molar-refractivity contribution < 1.29 is 9.21 Å². The molecule has 0 aliphatic heterocycles. The molecule has 1 aromatic rings. The van der Waals surface area contributed by atoms with E-state index in [1.165, 1.54) is 6.42 Å². The highest BCUT2D eigenvalue weighted by Gasteiger charge is 2.08. The lowest BCUT2D eigenvalue weighted by Gasteiger charge is -2.18. The van der Waals surface area contributed by atoms with Crippen molar-refractivity contribution in [2.24, 2.45) is 16.6 Å². The maximum absolute atomic E-state index is 11.0. The molecule has 0 saturated heterocycles. The molecule has 0 saturated carbocycles. The van der Waals surface area contributed by atoms with Crippen LogP contribution in [0.5, 0.6) is 0 Å². The van der Waals surface area contributed by atoms with E-state index in [1.54, 1.807) is 12.1 Å². The van der Waals surface area contributed by atoms with E-state index in [0.29, 0.717) is 24.3 Å². The molecule has 0 aliphatic carbocycles. The van der Waals surface area contributed by atoms with Crippen LogP contribution in [0, 0.1) is 5.92 Å². The van der Waals surface area contributed by atoms with Gasteiger partial charge in [-0.15, -0.1) is 0 Å². The van der Waals surface area contributed by atoms with Gasteiger partial charge in [-0.25, -0.2) is 4.99 Å². The van der Waals surface area contributed by atoms with Crippen molar-refractivity contribution in [3.05, 3.63) is 23.7 Å². The van der Waals surface area contributed by atoms with E-state index in [-0.39, 0.29) is 5.76 Å². The van der Waals surface area contributed by atoms with Gasteiger partial charge in [0, 0.05) is 12.6 Å². The van der Waals surface area contributed by atoms with E-state index in [1.807, 2.05) is 6.92 Å². The zero-order chi connectivity index (χ0) is 16.5. The van der Waals surface area contributed by atoms with Crippen LogP contribution in [0.4, 0.5) is 0 Å². The number of amides is 1. The third-order valence-corrected chi connectivity index (χ3v) is 3.20. The van der Waals surface area contributed by atoms with Crippen LogP contribution < -0.4 is 16.4 Å². The van der Waals surface area contributed by atoms with E-state index >= 15 is 0 Å². The molecule has 1 aromatic heterocycles. The van der Waals surface area contributed by atoms with Crippen LogP contribution in [0.2, 0.25) is 0 Å². The minimum atomic E-state index is -0.567. The molecule has 22 heavy (non-hydrogen) atoms. The highest BCUT2D eigenvalue weighted by atomic mass is 16.3. The third-order valence-electron chi connectivity index (χ3n) is 3.20. The molecular formula is C16H28N4O2. The highest BCUT2D eigenvalue weighted by Crippen LogP contribution is 2.09. The molecule has 4 N–H and O–H groups in total. The van der Waals surface area contributed by atoms with Crippen molar-refractivity contribution in [3.8, 4) is 0 Å². The van der Waals surface area contributed by atoms with Crippen molar-refractivity contribution in [2.75, 3.05) is 6.54 Å². The molecule has 1 rings (SSSR count). The molecule has 0 aromatic carbocycles. The van der Waals surface area contributed by atoms with Crippen LogP contribution >= 0.6 is 0 Å². The topological polar surface area (TPSA) is 92.6 Å². The SMILES string of the molecule is CCNC(=NCc1ccc(C(N)=O)o1)NC(C)CCC(C)C. The fourth-order valence-corrected chi connectivity index (χ4v) is 1.96. The van der Waals surface area contributed by atoms with E-state index in [9.17, 15) is 4.79 Å². The van der Waals surface area contributed by atoms with Gasteiger partial charge < -0.3 is 20.8 Å². The molecule has 1 amide bonds. The van der Waals surface area contributed by atoms with Crippen LogP contribution in [0.15, 0.2) is 21.5 Å². The first kappa shape index (κ1) is 18.1. The summed E-state index contributed by atoms with van der Waals surface area (Å²) in [7, 11) is 0. The summed E-state index contributed by atoms with van der Waals surface area (Å²) in [4.78, 5) is 15.5. The number of carbonyl (C=O) groups excluding carboxylic acids is 1. The Balaban J connectivity index is 2.58. The summed E-state index contributed by atoms with van der Waals surface area (Å²) in [5, 5.41) is 6.59. The van der Waals surface area contributed by atoms with Gasteiger partial charge in [0.2, 0.25) is 0 Å². The van der Waals surface area contributed by atoms with E-state index in [4.69, 9.17) is 10.2 Å². The van der Waals surface area contributed by atoms with Crippen LogP contribution in [-0.4, -0.2) is 24.5 Å². The number of primary amides is 1. The Morgan fingerprint density at radius 3 is 2.59 bits per heavy atom. The summed E-state index contributed by atoms with van der Waals surface area (Å²) in [6, 6.07) is 3.63. The zero-order valence-corrected chi connectivity index (χ0v) is 14.0. The zero-order valence-electron chi connectivity index (χ0n) is 14.0. The van der Waals surface area contributed by atoms with Crippen LogP contribution in [0.1, 0.15) is 56.9 Å². The number of hydrogen-bond acceptors (Lipinski definition) is 3. The van der Waals surface area contributed by atoms with Gasteiger partial charge in [0.15, 0.2) is 11.7 Å². The Hall–Kier alpha value is -1.98. The second-order valence-corrected chi connectivity index (χ2v) is 5.84. The van der Waals surface area contributed by atoms with Gasteiger partial charge in [-0.2, -0.15) is 0 Å². The number of furan rings is 1. The monoisotopic (exact) mass is 308 g/mol. The maximum Gasteiger partial charge on any atom is 0.284 e. The molecule has 0 bridgehead atoms. The number of nitrogens with one attached hydrogen (secondary N) is 2. The molecule has 0 spiro atoms. The average Bonchev–Trinajstić information content (AvgIpc) is 2.92. The van der Waals surface area contributed by atoms with Gasteiger partial charge in [0.05, 0.1) is 0 Å². The fourth-order valence-electron chi connectivity index (χ4n) is 1.96. The summed E-state index contributed by atoms with van der Waals surface area (Å²) >= 11 is 0. The maximum atomic E-state index is 11.0. The molecule has 6 nitrogen and oxygen atoms in total. The predicted octanol–water partition coefficient (Wildman–Crippen LogP) is 2.26. The van der Waals surface area contributed by atoms with E-state index in [2.05, 4.69) is 36.4 Å². The summed E-state index contributed by atoms with van der Waals surface area (Å²) in [6.45, 7) is 9.76. The Kier molecular flexibility index (Phi) is 7.49. The average molecular weight is 308 g/mol. The molecular weight excluding hydrogens is 280 g/mol. The molecule has 1 unspecified atom stereocenters. The molecule has 0 fully saturated rings. The van der Waals surface area contributed by atoms with Crippen LogP contribution in [-0.2, 0) is 6.54 Å². The Morgan fingerprint density at radius 2 is 2.05 bits per heavy atom. The third kappa shape index (κ3) is 6.65. The van der Waals surface area contributed by atoms with Gasteiger partial charge in [-0.3, -0.25) is 4.79 Å². The number of aliphatic imine (C=N–C) groups is 1. The van der Waals surface area contributed by atoms with Crippen molar-refractivity contribution >= 4 is 11.9 Å². The minimum Gasteiger partial charge on any atom is -0.454 e. The van der Waals surface area contributed by atoms with Gasteiger partial charge in [0.1, 0.15) is 12.3 Å². The Labute approximate surface area is 132 Å². The van der Waals surface area contributed by atoms with Gasteiger partial charge in [-0.05, 0) is 44.7 Å². The second-order valence-electron chi connectivity index (χ2n) is 5.84. The quantitative estimate of drug-likeness (QED) is 0.507. The number of carbonyl (C=O) groups is 1. The largest absolute Gasteiger partial charge is 0.454 e. The molecule has 0 aliphatic rings. The number of nitrogens with two attached hydrogens (primary N) is 1. The Bertz CT molecular complexity index is 494. The summed E-state index contributed by atoms with van der Waals surface area (Å²) in [5.74, 6) is 1.65. The first-order valence-electron chi connectivity index (χ1n) is 7.85. The highest BCUT2D eigenvalue weighted by molar-refractivity contribution is 5.89.